The molecule has 2 aromatic rings. The van der Waals surface area contributed by atoms with Crippen LogP contribution in [0.15, 0.2) is 33.9 Å². The maximum Gasteiger partial charge on any atom is 0.409 e. The first-order valence-electron chi connectivity index (χ1n) is 7.92. The summed E-state index contributed by atoms with van der Waals surface area (Å²) in [6.07, 6.45) is -0.249. The van der Waals surface area contributed by atoms with Gasteiger partial charge in [-0.2, -0.15) is 0 Å². The molecule has 0 unspecified atom stereocenters. The van der Waals surface area contributed by atoms with Gasteiger partial charge in [0, 0.05) is 17.9 Å². The molecule has 1 aliphatic rings. The predicted molar refractivity (Wildman–Crippen MR) is 92.1 cm³/mol. The smallest absolute Gasteiger partial charge is 0.409 e. The quantitative estimate of drug-likeness (QED) is 0.770. The average molecular weight is 347 g/mol. The molecule has 0 saturated carbocycles. The number of thioether (sulfide) groups is 1. The van der Waals surface area contributed by atoms with E-state index in [1.807, 2.05) is 12.1 Å². The maximum atomic E-state index is 11.3. The van der Waals surface area contributed by atoms with Crippen LogP contribution in [0.3, 0.4) is 0 Å². The van der Waals surface area contributed by atoms with Crippen LogP contribution >= 0.6 is 11.8 Å². The van der Waals surface area contributed by atoms with Crippen LogP contribution in [0.5, 0.6) is 0 Å². The van der Waals surface area contributed by atoms with E-state index < -0.39 is 0 Å². The standard InChI is InChI=1S/C17H21N3O3S/c1-17(2,3)13-6-4-12(5-7-13)14-18-19-15(23-14)24-11-9-20-8-10-22-16(20)21/h4-7H,8-11H2,1-3H3. The summed E-state index contributed by atoms with van der Waals surface area (Å²) < 4.78 is 10.6. The number of benzene rings is 1. The van der Waals surface area contributed by atoms with E-state index in [1.165, 1.54) is 17.3 Å². The topological polar surface area (TPSA) is 68.5 Å². The fourth-order valence-corrected chi connectivity index (χ4v) is 3.09. The van der Waals surface area contributed by atoms with Gasteiger partial charge in [0.25, 0.3) is 5.22 Å². The number of cyclic esters (lactones) is 1. The number of hydrogen-bond donors (Lipinski definition) is 0. The van der Waals surface area contributed by atoms with Crippen LogP contribution in [0.1, 0.15) is 26.3 Å². The van der Waals surface area contributed by atoms with Crippen LogP contribution in [-0.4, -0.2) is 46.6 Å². The van der Waals surface area contributed by atoms with Crippen LogP contribution in [0, 0.1) is 0 Å². The van der Waals surface area contributed by atoms with Gasteiger partial charge in [-0.3, -0.25) is 0 Å². The molecule has 1 aromatic heterocycles. The first kappa shape index (κ1) is 16.8. The van der Waals surface area contributed by atoms with Crippen molar-refractivity contribution in [3.05, 3.63) is 29.8 Å². The highest BCUT2D eigenvalue weighted by atomic mass is 32.2. The molecule has 0 radical (unpaired) electrons. The lowest BCUT2D eigenvalue weighted by molar-refractivity contribution is 0.160. The Morgan fingerprint density at radius 2 is 1.96 bits per heavy atom. The van der Waals surface area contributed by atoms with Gasteiger partial charge in [-0.1, -0.05) is 44.7 Å². The molecule has 1 amide bonds. The summed E-state index contributed by atoms with van der Waals surface area (Å²) in [6.45, 7) is 8.27. The van der Waals surface area contributed by atoms with E-state index in [1.54, 1.807) is 4.90 Å². The van der Waals surface area contributed by atoms with Crippen LogP contribution in [0.25, 0.3) is 11.5 Å². The monoisotopic (exact) mass is 347 g/mol. The molecule has 0 N–H and O–H groups in total. The van der Waals surface area contributed by atoms with Crippen molar-refractivity contribution in [3.63, 3.8) is 0 Å². The lowest BCUT2D eigenvalue weighted by Crippen LogP contribution is -2.26. The Bertz CT molecular complexity index is 707. The highest BCUT2D eigenvalue weighted by Crippen LogP contribution is 2.27. The molecule has 7 heteroatoms. The second-order valence-corrected chi connectivity index (χ2v) is 7.70. The number of ether oxygens (including phenoxy) is 1. The van der Waals surface area contributed by atoms with Gasteiger partial charge in [-0.25, -0.2) is 4.79 Å². The van der Waals surface area contributed by atoms with Crippen LogP contribution in [0.2, 0.25) is 0 Å². The molecule has 0 spiro atoms. The first-order chi connectivity index (χ1) is 11.4. The Hall–Kier alpha value is -2.02. The fourth-order valence-electron chi connectivity index (χ4n) is 2.37. The zero-order valence-electron chi connectivity index (χ0n) is 14.1. The molecule has 1 saturated heterocycles. The Morgan fingerprint density at radius 3 is 2.58 bits per heavy atom. The lowest BCUT2D eigenvalue weighted by atomic mass is 9.87. The molecule has 2 heterocycles. The van der Waals surface area contributed by atoms with E-state index in [0.717, 1.165) is 5.56 Å². The highest BCUT2D eigenvalue weighted by Gasteiger charge is 2.21. The lowest BCUT2D eigenvalue weighted by Gasteiger charge is -2.18. The van der Waals surface area contributed by atoms with Gasteiger partial charge in [0.2, 0.25) is 5.89 Å². The number of aromatic nitrogens is 2. The molecule has 0 bridgehead atoms. The molecule has 0 atom stereocenters. The molecular formula is C17H21N3O3S. The van der Waals surface area contributed by atoms with Gasteiger partial charge in [0.05, 0.1) is 6.54 Å². The Balaban J connectivity index is 1.58. The van der Waals surface area contributed by atoms with E-state index in [9.17, 15) is 4.79 Å². The van der Waals surface area contributed by atoms with Crippen molar-refractivity contribution in [2.45, 2.75) is 31.4 Å². The highest BCUT2D eigenvalue weighted by molar-refractivity contribution is 7.99. The normalized spacial score (nSPS) is 15.0. The maximum absolute atomic E-state index is 11.3. The minimum atomic E-state index is -0.249. The second kappa shape index (κ2) is 6.84. The van der Waals surface area contributed by atoms with Gasteiger partial charge in [-0.15, -0.1) is 10.2 Å². The third-order valence-electron chi connectivity index (χ3n) is 3.84. The summed E-state index contributed by atoms with van der Waals surface area (Å²) in [7, 11) is 0. The average Bonchev–Trinajstić information content (AvgIpc) is 3.17. The zero-order valence-corrected chi connectivity index (χ0v) is 14.9. The van der Waals surface area contributed by atoms with Crippen molar-refractivity contribution in [1.29, 1.82) is 0 Å². The van der Waals surface area contributed by atoms with Crippen LogP contribution in [0.4, 0.5) is 4.79 Å². The van der Waals surface area contributed by atoms with E-state index in [2.05, 4.69) is 43.1 Å². The van der Waals surface area contributed by atoms with E-state index in [4.69, 9.17) is 9.15 Å². The number of nitrogens with zero attached hydrogens (tertiary/aromatic N) is 3. The van der Waals surface area contributed by atoms with Crippen molar-refractivity contribution in [2.24, 2.45) is 0 Å². The number of rotatable bonds is 5. The first-order valence-corrected chi connectivity index (χ1v) is 8.91. The molecule has 1 aromatic carbocycles. The fraction of sp³-hybridized carbons (Fsp3) is 0.471. The van der Waals surface area contributed by atoms with E-state index in [0.29, 0.717) is 36.6 Å². The molecule has 6 nitrogen and oxygen atoms in total. The zero-order chi connectivity index (χ0) is 17.2. The van der Waals surface area contributed by atoms with Gasteiger partial charge in [0.15, 0.2) is 0 Å². The van der Waals surface area contributed by atoms with Gasteiger partial charge in [-0.05, 0) is 23.1 Å². The van der Waals surface area contributed by atoms with Crippen molar-refractivity contribution in [2.75, 3.05) is 25.4 Å². The molecule has 0 aliphatic carbocycles. The Morgan fingerprint density at radius 1 is 1.21 bits per heavy atom. The molecule has 128 valence electrons. The van der Waals surface area contributed by atoms with E-state index >= 15 is 0 Å². The summed E-state index contributed by atoms with van der Waals surface area (Å²) in [5.41, 5.74) is 2.29. The Kier molecular flexibility index (Phi) is 4.80. The van der Waals surface area contributed by atoms with Crippen LogP contribution < -0.4 is 0 Å². The second-order valence-electron chi connectivity index (χ2n) is 6.65. The predicted octanol–water partition coefficient (Wildman–Crippen LogP) is 3.58. The largest absolute Gasteiger partial charge is 0.448 e. The summed E-state index contributed by atoms with van der Waals surface area (Å²) in [5, 5.41) is 8.67. The van der Waals surface area contributed by atoms with Crippen molar-refractivity contribution < 1.29 is 13.9 Å². The minimum absolute atomic E-state index is 0.116. The van der Waals surface area contributed by atoms with Gasteiger partial charge in [0.1, 0.15) is 6.61 Å². The number of carbonyl (C=O) groups excluding carboxylic acids is 1. The number of amides is 1. The minimum Gasteiger partial charge on any atom is -0.448 e. The summed E-state index contributed by atoms with van der Waals surface area (Å²) >= 11 is 1.44. The molecule has 1 fully saturated rings. The molecular weight excluding hydrogens is 326 g/mol. The number of hydrogen-bond acceptors (Lipinski definition) is 6. The van der Waals surface area contributed by atoms with Crippen LogP contribution in [-0.2, 0) is 10.2 Å². The molecule has 24 heavy (non-hydrogen) atoms. The molecule has 3 rings (SSSR count). The third kappa shape index (κ3) is 3.90. The summed E-state index contributed by atoms with van der Waals surface area (Å²) in [4.78, 5) is 13.0. The van der Waals surface area contributed by atoms with Gasteiger partial charge < -0.3 is 14.1 Å². The molecule has 1 aliphatic heterocycles. The van der Waals surface area contributed by atoms with Crippen molar-refractivity contribution in [1.82, 2.24) is 15.1 Å². The third-order valence-corrected chi connectivity index (χ3v) is 4.63. The van der Waals surface area contributed by atoms with Gasteiger partial charge >= 0.3 is 6.09 Å². The Labute approximate surface area is 145 Å². The number of carbonyl (C=O) groups is 1. The van der Waals surface area contributed by atoms with Crippen molar-refractivity contribution >= 4 is 17.9 Å². The van der Waals surface area contributed by atoms with Crippen molar-refractivity contribution in [3.8, 4) is 11.5 Å². The van der Waals surface area contributed by atoms with E-state index in [-0.39, 0.29) is 11.5 Å². The summed E-state index contributed by atoms with van der Waals surface area (Å²) in [5.74, 6) is 1.21. The SMILES string of the molecule is CC(C)(C)c1ccc(-c2nnc(SCCN3CCOC3=O)o2)cc1. The summed E-state index contributed by atoms with van der Waals surface area (Å²) in [6, 6.07) is 8.18.